The van der Waals surface area contributed by atoms with Gasteiger partial charge in [-0.2, -0.15) is 8.78 Å². The molecule has 0 bridgehead atoms. The van der Waals surface area contributed by atoms with E-state index < -0.39 is 30.5 Å². The van der Waals surface area contributed by atoms with Gasteiger partial charge in [0.25, 0.3) is 5.91 Å². The van der Waals surface area contributed by atoms with E-state index in [4.69, 9.17) is 4.42 Å². The lowest BCUT2D eigenvalue weighted by Gasteiger charge is -2.24. The van der Waals surface area contributed by atoms with E-state index in [0.29, 0.717) is 5.56 Å². The van der Waals surface area contributed by atoms with Crippen LogP contribution in [0.1, 0.15) is 42.9 Å². The van der Waals surface area contributed by atoms with Gasteiger partial charge in [-0.25, -0.2) is 0 Å². The van der Waals surface area contributed by atoms with Crippen molar-refractivity contribution < 1.29 is 27.5 Å². The molecule has 2 aromatic rings. The van der Waals surface area contributed by atoms with Crippen LogP contribution in [0, 0.1) is 5.92 Å². The van der Waals surface area contributed by atoms with Gasteiger partial charge in [0.05, 0.1) is 12.3 Å². The van der Waals surface area contributed by atoms with Crippen molar-refractivity contribution in [1.29, 1.82) is 0 Å². The number of alkyl halides is 2. The molecule has 0 saturated heterocycles. The molecule has 2 amide bonds. The Kier molecular flexibility index (Phi) is 6.92. The van der Waals surface area contributed by atoms with Crippen LogP contribution < -0.4 is 15.4 Å². The first-order chi connectivity index (χ1) is 12.8. The van der Waals surface area contributed by atoms with Gasteiger partial charge in [-0.3, -0.25) is 9.59 Å². The molecule has 0 fully saturated rings. The Morgan fingerprint density at radius 3 is 2.41 bits per heavy atom. The summed E-state index contributed by atoms with van der Waals surface area (Å²) in [6.07, 6.45) is 1.37. The number of carbonyl (C=O) groups excluding carboxylic acids is 2. The molecule has 2 rings (SSSR count). The average molecular weight is 380 g/mol. The summed E-state index contributed by atoms with van der Waals surface area (Å²) in [5, 5.41) is 5.43. The van der Waals surface area contributed by atoms with E-state index in [2.05, 4.69) is 15.4 Å². The van der Waals surface area contributed by atoms with Crippen molar-refractivity contribution in [1.82, 2.24) is 10.6 Å². The highest BCUT2D eigenvalue weighted by Crippen LogP contribution is 2.21. The van der Waals surface area contributed by atoms with Crippen LogP contribution in [-0.2, 0) is 4.79 Å². The first-order valence-corrected chi connectivity index (χ1v) is 8.47. The van der Waals surface area contributed by atoms with Crippen LogP contribution in [-0.4, -0.2) is 24.5 Å². The molecule has 146 valence electrons. The van der Waals surface area contributed by atoms with Crippen LogP contribution in [0.3, 0.4) is 0 Å². The maximum atomic E-state index is 12.6. The van der Waals surface area contributed by atoms with Gasteiger partial charge >= 0.3 is 6.61 Å². The van der Waals surface area contributed by atoms with Crippen molar-refractivity contribution in [3.8, 4) is 5.75 Å². The van der Waals surface area contributed by atoms with Crippen molar-refractivity contribution in [2.24, 2.45) is 5.92 Å². The van der Waals surface area contributed by atoms with Gasteiger partial charge in [-0.1, -0.05) is 26.0 Å². The fourth-order valence-corrected chi connectivity index (χ4v) is 2.50. The van der Waals surface area contributed by atoms with Crippen molar-refractivity contribution in [3.05, 3.63) is 54.0 Å². The van der Waals surface area contributed by atoms with Crippen LogP contribution >= 0.6 is 0 Å². The maximum absolute atomic E-state index is 12.6. The Balaban J connectivity index is 2.05. The second-order valence-electron chi connectivity index (χ2n) is 6.35. The summed E-state index contributed by atoms with van der Waals surface area (Å²) in [6.45, 7) is 2.39. The molecule has 2 atom stereocenters. The van der Waals surface area contributed by atoms with Crippen molar-refractivity contribution in [2.45, 2.75) is 39.5 Å². The lowest BCUT2D eigenvalue weighted by Crippen LogP contribution is -2.50. The number of furan rings is 1. The molecule has 0 aliphatic rings. The summed E-state index contributed by atoms with van der Waals surface area (Å²) in [4.78, 5) is 24.8. The summed E-state index contributed by atoms with van der Waals surface area (Å²) in [5.41, 5.74) is 0.598. The minimum atomic E-state index is -2.92. The number of ether oxygens (including phenoxy) is 1. The van der Waals surface area contributed by atoms with Gasteiger partial charge in [0.2, 0.25) is 5.91 Å². The lowest BCUT2D eigenvalue weighted by molar-refractivity contribution is -0.124. The van der Waals surface area contributed by atoms with Crippen molar-refractivity contribution in [3.63, 3.8) is 0 Å². The molecule has 27 heavy (non-hydrogen) atoms. The summed E-state index contributed by atoms with van der Waals surface area (Å²) in [7, 11) is 0. The van der Waals surface area contributed by atoms with Gasteiger partial charge in [-0.15, -0.1) is 0 Å². The number of hydrogen-bond donors (Lipinski definition) is 2. The fourth-order valence-electron chi connectivity index (χ4n) is 2.50. The highest BCUT2D eigenvalue weighted by molar-refractivity contribution is 5.95. The molecular formula is C19H22F2N2O4. The number of amides is 2. The molecule has 0 aliphatic heterocycles. The molecule has 0 aliphatic carbocycles. The maximum Gasteiger partial charge on any atom is 0.387 e. The first-order valence-electron chi connectivity index (χ1n) is 8.47. The van der Waals surface area contributed by atoms with E-state index in [1.807, 2.05) is 0 Å². The average Bonchev–Trinajstić information content (AvgIpc) is 3.13. The third kappa shape index (κ3) is 5.80. The Morgan fingerprint density at radius 2 is 1.81 bits per heavy atom. The molecule has 2 N–H and O–H groups in total. The second kappa shape index (κ2) is 9.16. The number of rotatable bonds is 8. The Bertz CT molecular complexity index is 763. The topological polar surface area (TPSA) is 80.6 Å². The van der Waals surface area contributed by atoms with E-state index in [-0.39, 0.29) is 17.4 Å². The number of nitrogens with one attached hydrogen (secondary N) is 2. The molecule has 1 aromatic heterocycles. The Labute approximate surface area is 155 Å². The predicted molar refractivity (Wildman–Crippen MR) is 94.4 cm³/mol. The van der Waals surface area contributed by atoms with Crippen LogP contribution in [0.5, 0.6) is 5.75 Å². The smallest absolute Gasteiger partial charge is 0.387 e. The number of halogens is 2. The fraction of sp³-hybridized carbons (Fsp3) is 0.368. The second-order valence-corrected chi connectivity index (χ2v) is 6.35. The summed E-state index contributed by atoms with van der Waals surface area (Å²) >= 11 is 0. The molecule has 6 nitrogen and oxygen atoms in total. The van der Waals surface area contributed by atoms with E-state index in [1.165, 1.54) is 24.5 Å². The summed E-state index contributed by atoms with van der Waals surface area (Å²) in [6, 6.07) is 7.92. The SMILES string of the molecule is CC(NC(=O)C(NC(=O)c1ccco1)C(C)C)c1cccc(OC(F)F)c1. The minimum Gasteiger partial charge on any atom is -0.459 e. The summed E-state index contributed by atoms with van der Waals surface area (Å²) < 4.78 is 34.1. The molecular weight excluding hydrogens is 358 g/mol. The van der Waals surface area contributed by atoms with Crippen molar-refractivity contribution >= 4 is 11.8 Å². The summed E-state index contributed by atoms with van der Waals surface area (Å²) in [5.74, 6) is -0.940. The minimum absolute atomic E-state index is 0.00938. The third-order valence-corrected chi connectivity index (χ3v) is 3.92. The van der Waals surface area contributed by atoms with Gasteiger partial charge in [0.15, 0.2) is 5.76 Å². The number of hydrogen-bond acceptors (Lipinski definition) is 4. The van der Waals surface area contributed by atoms with Crippen LogP contribution in [0.2, 0.25) is 0 Å². The zero-order chi connectivity index (χ0) is 20.0. The standard InChI is InChI=1S/C19H22F2N2O4/c1-11(2)16(23-17(24)15-8-5-9-26-15)18(25)22-12(3)13-6-4-7-14(10-13)27-19(20)21/h4-12,16,19H,1-3H3,(H,22,25)(H,23,24). The number of carbonyl (C=O) groups is 2. The zero-order valence-electron chi connectivity index (χ0n) is 15.2. The van der Waals surface area contributed by atoms with E-state index in [1.54, 1.807) is 39.0 Å². The van der Waals surface area contributed by atoms with E-state index >= 15 is 0 Å². The molecule has 2 unspecified atom stereocenters. The third-order valence-electron chi connectivity index (χ3n) is 3.92. The van der Waals surface area contributed by atoms with Gasteiger partial charge < -0.3 is 19.8 Å². The Hall–Kier alpha value is -2.90. The molecule has 1 aromatic carbocycles. The highest BCUT2D eigenvalue weighted by Gasteiger charge is 2.26. The van der Waals surface area contributed by atoms with Gasteiger partial charge in [-0.05, 0) is 42.7 Å². The molecule has 8 heteroatoms. The van der Waals surface area contributed by atoms with Gasteiger partial charge in [0.1, 0.15) is 11.8 Å². The molecule has 0 saturated carbocycles. The van der Waals surface area contributed by atoms with Crippen LogP contribution in [0.15, 0.2) is 47.1 Å². The van der Waals surface area contributed by atoms with Gasteiger partial charge in [0, 0.05) is 0 Å². The Morgan fingerprint density at radius 1 is 1.07 bits per heavy atom. The van der Waals surface area contributed by atoms with E-state index in [0.717, 1.165) is 0 Å². The highest BCUT2D eigenvalue weighted by atomic mass is 19.3. The number of benzene rings is 1. The van der Waals surface area contributed by atoms with E-state index in [9.17, 15) is 18.4 Å². The van der Waals surface area contributed by atoms with Crippen LogP contribution in [0.25, 0.3) is 0 Å². The molecule has 0 spiro atoms. The van der Waals surface area contributed by atoms with Crippen LogP contribution in [0.4, 0.5) is 8.78 Å². The largest absolute Gasteiger partial charge is 0.459 e. The first kappa shape index (κ1) is 20.4. The predicted octanol–water partition coefficient (Wildman–Crippen LogP) is 3.51. The molecule has 1 heterocycles. The van der Waals surface area contributed by atoms with Crippen molar-refractivity contribution in [2.75, 3.05) is 0 Å². The normalized spacial score (nSPS) is 13.3. The quantitative estimate of drug-likeness (QED) is 0.734. The molecule has 0 radical (unpaired) electrons. The monoisotopic (exact) mass is 380 g/mol. The lowest BCUT2D eigenvalue weighted by atomic mass is 10.0. The zero-order valence-corrected chi connectivity index (χ0v) is 15.2.